The maximum absolute atomic E-state index is 12.0. The standard InChI is InChI=1S/C17H24N2O/c1-12-2-4-15(5-3-12)17(20)19-11-10-18-16(13-6-7-13)14-8-9-14/h2-5,13-14,16,18H,6-11H2,1H3,(H,19,20). The van der Waals surface area contributed by atoms with E-state index in [1.54, 1.807) is 0 Å². The van der Waals surface area contributed by atoms with Crippen LogP contribution in [0.3, 0.4) is 0 Å². The lowest BCUT2D eigenvalue weighted by molar-refractivity contribution is 0.0953. The summed E-state index contributed by atoms with van der Waals surface area (Å²) in [6.45, 7) is 3.62. The molecule has 0 atom stereocenters. The van der Waals surface area contributed by atoms with E-state index in [0.717, 1.165) is 23.9 Å². The molecule has 2 N–H and O–H groups in total. The van der Waals surface area contributed by atoms with Crippen molar-refractivity contribution >= 4 is 5.91 Å². The maximum Gasteiger partial charge on any atom is 0.251 e. The van der Waals surface area contributed by atoms with Crippen LogP contribution in [0.2, 0.25) is 0 Å². The molecule has 1 aromatic carbocycles. The van der Waals surface area contributed by atoms with Crippen LogP contribution in [0.15, 0.2) is 24.3 Å². The van der Waals surface area contributed by atoms with Crippen molar-refractivity contribution in [3.8, 4) is 0 Å². The number of aryl methyl sites for hydroxylation is 1. The number of carbonyl (C=O) groups excluding carboxylic acids is 1. The summed E-state index contributed by atoms with van der Waals surface area (Å²) in [4.78, 5) is 12.0. The minimum Gasteiger partial charge on any atom is -0.351 e. The quantitative estimate of drug-likeness (QED) is 0.749. The van der Waals surface area contributed by atoms with E-state index in [4.69, 9.17) is 0 Å². The van der Waals surface area contributed by atoms with Gasteiger partial charge in [-0.15, -0.1) is 0 Å². The fourth-order valence-electron chi connectivity index (χ4n) is 2.85. The molecule has 0 spiro atoms. The fourth-order valence-corrected chi connectivity index (χ4v) is 2.85. The van der Waals surface area contributed by atoms with E-state index in [9.17, 15) is 4.79 Å². The molecular weight excluding hydrogens is 248 g/mol. The Morgan fingerprint density at radius 1 is 1.10 bits per heavy atom. The zero-order valence-electron chi connectivity index (χ0n) is 12.2. The molecule has 0 aromatic heterocycles. The van der Waals surface area contributed by atoms with Crippen LogP contribution in [0.25, 0.3) is 0 Å². The molecule has 0 unspecified atom stereocenters. The highest BCUT2D eigenvalue weighted by Crippen LogP contribution is 2.44. The normalized spacial score (nSPS) is 18.3. The summed E-state index contributed by atoms with van der Waals surface area (Å²) in [5.74, 6) is 1.85. The molecule has 2 saturated carbocycles. The van der Waals surface area contributed by atoms with E-state index in [0.29, 0.717) is 12.6 Å². The third-order valence-electron chi connectivity index (χ3n) is 4.36. The van der Waals surface area contributed by atoms with Gasteiger partial charge in [-0.05, 0) is 56.6 Å². The monoisotopic (exact) mass is 272 g/mol. The second kappa shape index (κ2) is 5.96. The molecule has 3 heteroatoms. The van der Waals surface area contributed by atoms with E-state index < -0.39 is 0 Å². The molecule has 0 saturated heterocycles. The largest absolute Gasteiger partial charge is 0.351 e. The molecule has 0 heterocycles. The SMILES string of the molecule is Cc1ccc(C(=O)NCCNC(C2CC2)C2CC2)cc1. The molecule has 20 heavy (non-hydrogen) atoms. The summed E-state index contributed by atoms with van der Waals surface area (Å²) < 4.78 is 0. The highest BCUT2D eigenvalue weighted by atomic mass is 16.1. The van der Waals surface area contributed by atoms with Crippen LogP contribution in [0.4, 0.5) is 0 Å². The van der Waals surface area contributed by atoms with Gasteiger partial charge in [0.05, 0.1) is 0 Å². The van der Waals surface area contributed by atoms with Crippen molar-refractivity contribution in [3.05, 3.63) is 35.4 Å². The van der Waals surface area contributed by atoms with Crippen molar-refractivity contribution < 1.29 is 4.79 Å². The second-order valence-electron chi connectivity index (χ2n) is 6.28. The molecule has 1 amide bonds. The first-order valence-corrected chi connectivity index (χ1v) is 7.82. The highest BCUT2D eigenvalue weighted by molar-refractivity contribution is 5.94. The van der Waals surface area contributed by atoms with Gasteiger partial charge in [0.25, 0.3) is 5.91 Å². The Kier molecular flexibility index (Phi) is 4.06. The van der Waals surface area contributed by atoms with Gasteiger partial charge < -0.3 is 10.6 Å². The Labute approximate surface area is 121 Å². The molecule has 108 valence electrons. The Morgan fingerprint density at radius 2 is 1.70 bits per heavy atom. The molecule has 3 rings (SSSR count). The number of rotatable bonds is 7. The summed E-state index contributed by atoms with van der Waals surface area (Å²) in [5.41, 5.74) is 1.93. The Bertz CT molecular complexity index is 448. The summed E-state index contributed by atoms with van der Waals surface area (Å²) in [5, 5.41) is 6.64. The van der Waals surface area contributed by atoms with Crippen LogP contribution in [0.5, 0.6) is 0 Å². The predicted molar refractivity (Wildman–Crippen MR) is 80.8 cm³/mol. The topological polar surface area (TPSA) is 41.1 Å². The lowest BCUT2D eigenvalue weighted by Crippen LogP contribution is -2.39. The van der Waals surface area contributed by atoms with E-state index in [1.807, 2.05) is 31.2 Å². The maximum atomic E-state index is 12.0. The van der Waals surface area contributed by atoms with Crippen molar-refractivity contribution in [3.63, 3.8) is 0 Å². The van der Waals surface area contributed by atoms with Gasteiger partial charge in [-0.2, -0.15) is 0 Å². The third-order valence-corrected chi connectivity index (χ3v) is 4.36. The van der Waals surface area contributed by atoms with E-state index >= 15 is 0 Å². The molecule has 2 fully saturated rings. The molecule has 2 aliphatic carbocycles. The van der Waals surface area contributed by atoms with Crippen LogP contribution in [-0.2, 0) is 0 Å². The summed E-state index contributed by atoms with van der Waals surface area (Å²) >= 11 is 0. The van der Waals surface area contributed by atoms with Gasteiger partial charge in [0.2, 0.25) is 0 Å². The zero-order valence-corrected chi connectivity index (χ0v) is 12.2. The molecular formula is C17H24N2O. The van der Waals surface area contributed by atoms with Crippen LogP contribution in [0.1, 0.15) is 41.6 Å². The summed E-state index contributed by atoms with van der Waals surface area (Å²) in [7, 11) is 0. The minimum atomic E-state index is 0.0289. The Balaban J connectivity index is 1.38. The zero-order chi connectivity index (χ0) is 13.9. The van der Waals surface area contributed by atoms with Crippen molar-refractivity contribution in [2.75, 3.05) is 13.1 Å². The Morgan fingerprint density at radius 3 is 2.25 bits per heavy atom. The van der Waals surface area contributed by atoms with Gasteiger partial charge in [0.15, 0.2) is 0 Å². The fraction of sp³-hybridized carbons (Fsp3) is 0.588. The molecule has 1 aromatic rings. The van der Waals surface area contributed by atoms with Crippen molar-refractivity contribution in [1.82, 2.24) is 10.6 Å². The van der Waals surface area contributed by atoms with E-state index in [-0.39, 0.29) is 5.91 Å². The van der Waals surface area contributed by atoms with E-state index in [2.05, 4.69) is 10.6 Å². The third kappa shape index (κ3) is 3.60. The Hall–Kier alpha value is -1.35. The van der Waals surface area contributed by atoms with Crippen molar-refractivity contribution in [2.24, 2.45) is 11.8 Å². The first-order chi connectivity index (χ1) is 9.74. The number of hydrogen-bond donors (Lipinski definition) is 2. The average molecular weight is 272 g/mol. The first kappa shape index (κ1) is 13.6. The summed E-state index contributed by atoms with van der Waals surface area (Å²) in [6.07, 6.45) is 5.57. The van der Waals surface area contributed by atoms with Crippen LogP contribution < -0.4 is 10.6 Å². The lowest BCUT2D eigenvalue weighted by Gasteiger charge is -2.17. The van der Waals surface area contributed by atoms with Crippen molar-refractivity contribution in [1.29, 1.82) is 0 Å². The second-order valence-corrected chi connectivity index (χ2v) is 6.28. The lowest BCUT2D eigenvalue weighted by atomic mass is 10.1. The van der Waals surface area contributed by atoms with Gasteiger partial charge >= 0.3 is 0 Å². The molecule has 0 radical (unpaired) electrons. The van der Waals surface area contributed by atoms with Gasteiger partial charge in [0, 0.05) is 24.7 Å². The van der Waals surface area contributed by atoms with Gasteiger partial charge in [0.1, 0.15) is 0 Å². The van der Waals surface area contributed by atoms with Crippen LogP contribution in [-0.4, -0.2) is 25.0 Å². The number of benzene rings is 1. The predicted octanol–water partition coefficient (Wildman–Crippen LogP) is 2.50. The van der Waals surface area contributed by atoms with E-state index in [1.165, 1.54) is 31.2 Å². The van der Waals surface area contributed by atoms with Gasteiger partial charge in [-0.3, -0.25) is 4.79 Å². The first-order valence-electron chi connectivity index (χ1n) is 7.82. The molecule has 0 bridgehead atoms. The van der Waals surface area contributed by atoms with Gasteiger partial charge in [-0.1, -0.05) is 17.7 Å². The number of nitrogens with one attached hydrogen (secondary N) is 2. The average Bonchev–Trinajstić information content (AvgIpc) is 3.32. The number of hydrogen-bond acceptors (Lipinski definition) is 2. The van der Waals surface area contributed by atoms with Crippen LogP contribution >= 0.6 is 0 Å². The molecule has 3 nitrogen and oxygen atoms in total. The number of carbonyl (C=O) groups is 1. The highest BCUT2D eigenvalue weighted by Gasteiger charge is 2.40. The molecule has 2 aliphatic rings. The van der Waals surface area contributed by atoms with Gasteiger partial charge in [-0.25, -0.2) is 0 Å². The van der Waals surface area contributed by atoms with Crippen LogP contribution in [0, 0.1) is 18.8 Å². The summed E-state index contributed by atoms with van der Waals surface area (Å²) in [6, 6.07) is 8.43. The minimum absolute atomic E-state index is 0.0289. The smallest absolute Gasteiger partial charge is 0.251 e. The number of amides is 1. The molecule has 0 aliphatic heterocycles. The van der Waals surface area contributed by atoms with Crippen molar-refractivity contribution in [2.45, 2.75) is 38.6 Å².